The topological polar surface area (TPSA) is 79.9 Å². The molecule has 1 fully saturated rings. The summed E-state index contributed by atoms with van der Waals surface area (Å²) in [5.41, 5.74) is 1.78. The maximum Gasteiger partial charge on any atom is 0.338 e. The zero-order valence-corrected chi connectivity index (χ0v) is 16.6. The van der Waals surface area contributed by atoms with Gasteiger partial charge >= 0.3 is 12.0 Å². The number of hydrogen-bond acceptors (Lipinski definition) is 5. The highest BCUT2D eigenvalue weighted by atomic mass is 16.5. The average molecular weight is 387 g/mol. The first-order valence-electron chi connectivity index (χ1n) is 9.97. The second-order valence-electron chi connectivity index (χ2n) is 7.08. The summed E-state index contributed by atoms with van der Waals surface area (Å²) in [7, 11) is 1.58. The molecule has 2 amide bonds. The van der Waals surface area contributed by atoms with Crippen LogP contribution in [0.5, 0.6) is 5.75 Å². The molecular formula is C21H29N3O4. The van der Waals surface area contributed by atoms with Gasteiger partial charge in [-0.2, -0.15) is 0 Å². The van der Waals surface area contributed by atoms with Gasteiger partial charge in [-0.05, 0) is 38.9 Å². The fourth-order valence-electron chi connectivity index (χ4n) is 3.85. The minimum Gasteiger partial charge on any atom is -0.496 e. The second-order valence-corrected chi connectivity index (χ2v) is 7.08. The lowest BCUT2D eigenvalue weighted by Crippen LogP contribution is -2.48. The third-order valence-electron chi connectivity index (χ3n) is 5.18. The van der Waals surface area contributed by atoms with Gasteiger partial charge in [-0.1, -0.05) is 31.0 Å². The number of methoxy groups -OCH3 is 1. The molecule has 3 rings (SSSR count). The van der Waals surface area contributed by atoms with Gasteiger partial charge in [-0.15, -0.1) is 0 Å². The quantitative estimate of drug-likeness (QED) is 0.734. The molecule has 0 bridgehead atoms. The zero-order chi connectivity index (χ0) is 19.9. The van der Waals surface area contributed by atoms with Crippen LogP contribution in [0.4, 0.5) is 4.79 Å². The van der Waals surface area contributed by atoms with Crippen LogP contribution < -0.4 is 15.4 Å². The fourth-order valence-corrected chi connectivity index (χ4v) is 3.85. The number of esters is 1. The van der Waals surface area contributed by atoms with Crippen molar-refractivity contribution in [3.8, 4) is 5.75 Å². The number of nitrogens with one attached hydrogen (secondary N) is 2. The first kappa shape index (κ1) is 20.2. The summed E-state index contributed by atoms with van der Waals surface area (Å²) >= 11 is 0. The van der Waals surface area contributed by atoms with E-state index in [1.54, 1.807) is 14.0 Å². The van der Waals surface area contributed by atoms with E-state index in [-0.39, 0.29) is 12.6 Å². The summed E-state index contributed by atoms with van der Waals surface area (Å²) in [4.78, 5) is 27.6. The van der Waals surface area contributed by atoms with E-state index in [1.165, 1.54) is 12.8 Å². The summed E-state index contributed by atoms with van der Waals surface area (Å²) in [6.07, 6.45) is 4.70. The Labute approximate surface area is 166 Å². The van der Waals surface area contributed by atoms with Crippen LogP contribution in [-0.2, 0) is 9.53 Å². The van der Waals surface area contributed by atoms with Crippen molar-refractivity contribution >= 4 is 12.0 Å². The molecule has 1 saturated heterocycles. The molecule has 1 aromatic rings. The van der Waals surface area contributed by atoms with Crippen molar-refractivity contribution < 1.29 is 19.1 Å². The van der Waals surface area contributed by atoms with Crippen molar-refractivity contribution in [2.75, 3.05) is 33.4 Å². The summed E-state index contributed by atoms with van der Waals surface area (Å²) in [6, 6.07) is 6.46. The predicted octanol–water partition coefficient (Wildman–Crippen LogP) is 2.74. The van der Waals surface area contributed by atoms with Crippen LogP contribution in [0.25, 0.3) is 0 Å². The predicted molar refractivity (Wildman–Crippen MR) is 106 cm³/mol. The van der Waals surface area contributed by atoms with Crippen molar-refractivity contribution in [1.29, 1.82) is 0 Å². The number of rotatable bonds is 6. The minimum atomic E-state index is -0.620. The van der Waals surface area contributed by atoms with Gasteiger partial charge in [0, 0.05) is 17.8 Å². The minimum absolute atomic E-state index is 0.270. The summed E-state index contributed by atoms with van der Waals surface area (Å²) in [5.74, 6) is 0.196. The Morgan fingerprint density at radius 2 is 1.89 bits per heavy atom. The molecule has 0 unspecified atom stereocenters. The highest BCUT2D eigenvalue weighted by Gasteiger charge is 2.35. The molecule has 2 aliphatic rings. The van der Waals surface area contributed by atoms with Gasteiger partial charge in [0.05, 0.1) is 25.3 Å². The lowest BCUT2D eigenvalue weighted by molar-refractivity contribution is -0.139. The number of para-hydroxylation sites is 1. The Hall–Kier alpha value is -2.54. The van der Waals surface area contributed by atoms with Crippen LogP contribution in [-0.4, -0.2) is 50.3 Å². The van der Waals surface area contributed by atoms with Gasteiger partial charge in [0.15, 0.2) is 0 Å². The fraction of sp³-hybridized carbons (Fsp3) is 0.524. The van der Waals surface area contributed by atoms with Gasteiger partial charge in [0.25, 0.3) is 0 Å². The largest absolute Gasteiger partial charge is 0.496 e. The SMILES string of the molecule is CCOC(=O)C1=C(CN2CCCCCC2)NC(=O)N[C@@H]1c1ccccc1OC. The maximum absolute atomic E-state index is 12.9. The van der Waals surface area contributed by atoms with Gasteiger partial charge in [0.2, 0.25) is 0 Å². The number of ether oxygens (including phenoxy) is 2. The molecule has 7 nitrogen and oxygen atoms in total. The molecule has 7 heteroatoms. The Bertz CT molecular complexity index is 739. The Morgan fingerprint density at radius 3 is 2.57 bits per heavy atom. The number of carbonyl (C=O) groups is 2. The number of nitrogens with zero attached hydrogens (tertiary/aromatic N) is 1. The van der Waals surface area contributed by atoms with Crippen LogP contribution in [0.3, 0.4) is 0 Å². The number of amides is 2. The maximum atomic E-state index is 12.9. The van der Waals surface area contributed by atoms with E-state index in [0.29, 0.717) is 23.6 Å². The van der Waals surface area contributed by atoms with Gasteiger partial charge < -0.3 is 20.1 Å². The molecule has 1 aromatic carbocycles. The Balaban J connectivity index is 2.01. The van der Waals surface area contributed by atoms with Crippen LogP contribution in [0.15, 0.2) is 35.5 Å². The van der Waals surface area contributed by atoms with Gasteiger partial charge in [-0.3, -0.25) is 4.90 Å². The third kappa shape index (κ3) is 4.65. The van der Waals surface area contributed by atoms with E-state index in [0.717, 1.165) is 31.5 Å². The number of likely N-dealkylation sites (tertiary alicyclic amines) is 1. The highest BCUT2D eigenvalue weighted by Crippen LogP contribution is 2.33. The van der Waals surface area contributed by atoms with Crippen LogP contribution in [0, 0.1) is 0 Å². The van der Waals surface area contributed by atoms with E-state index in [4.69, 9.17) is 9.47 Å². The molecule has 1 atom stereocenters. The highest BCUT2D eigenvalue weighted by molar-refractivity contribution is 5.95. The molecule has 0 radical (unpaired) electrons. The molecule has 152 valence electrons. The van der Waals surface area contributed by atoms with E-state index < -0.39 is 12.0 Å². The summed E-state index contributed by atoms with van der Waals surface area (Å²) in [6.45, 7) is 4.49. The normalized spacial score (nSPS) is 20.8. The zero-order valence-electron chi connectivity index (χ0n) is 16.6. The van der Waals surface area contributed by atoms with Crippen LogP contribution in [0.1, 0.15) is 44.2 Å². The van der Waals surface area contributed by atoms with E-state index in [2.05, 4.69) is 15.5 Å². The Kier molecular flexibility index (Phi) is 6.92. The van der Waals surface area contributed by atoms with Crippen molar-refractivity contribution in [1.82, 2.24) is 15.5 Å². The van der Waals surface area contributed by atoms with Crippen LogP contribution >= 0.6 is 0 Å². The molecule has 2 N–H and O–H groups in total. The van der Waals surface area contributed by atoms with E-state index >= 15 is 0 Å². The molecule has 0 saturated carbocycles. The smallest absolute Gasteiger partial charge is 0.338 e. The van der Waals surface area contributed by atoms with E-state index in [1.807, 2.05) is 24.3 Å². The first-order chi connectivity index (χ1) is 13.6. The van der Waals surface area contributed by atoms with Crippen LogP contribution in [0.2, 0.25) is 0 Å². The molecule has 0 spiro atoms. The number of urea groups is 1. The Morgan fingerprint density at radius 1 is 1.18 bits per heavy atom. The standard InChI is InChI=1S/C21H29N3O4/c1-3-28-20(25)18-16(14-24-12-8-4-5-9-13-24)22-21(26)23-19(18)15-10-6-7-11-17(15)27-2/h6-7,10-11,19H,3-5,8-9,12-14H2,1-2H3,(H2,22,23,26)/t19-/m1/s1. The first-order valence-corrected chi connectivity index (χ1v) is 9.97. The molecule has 2 aliphatic heterocycles. The molecule has 2 heterocycles. The summed E-state index contributed by atoms with van der Waals surface area (Å²) < 4.78 is 10.8. The lowest BCUT2D eigenvalue weighted by atomic mass is 9.94. The summed E-state index contributed by atoms with van der Waals surface area (Å²) in [5, 5.41) is 5.73. The molecule has 0 aliphatic carbocycles. The molecule has 0 aromatic heterocycles. The molecule has 28 heavy (non-hydrogen) atoms. The number of carbonyl (C=O) groups excluding carboxylic acids is 2. The van der Waals surface area contributed by atoms with Crippen molar-refractivity contribution in [3.05, 3.63) is 41.1 Å². The van der Waals surface area contributed by atoms with Gasteiger partial charge in [-0.25, -0.2) is 9.59 Å². The number of hydrogen-bond donors (Lipinski definition) is 2. The monoisotopic (exact) mass is 387 g/mol. The van der Waals surface area contributed by atoms with Gasteiger partial charge in [0.1, 0.15) is 5.75 Å². The average Bonchev–Trinajstić information content (AvgIpc) is 2.96. The van der Waals surface area contributed by atoms with Crippen molar-refractivity contribution in [3.63, 3.8) is 0 Å². The number of benzene rings is 1. The van der Waals surface area contributed by atoms with Crippen molar-refractivity contribution in [2.45, 2.75) is 38.6 Å². The molecular weight excluding hydrogens is 358 g/mol. The van der Waals surface area contributed by atoms with E-state index in [9.17, 15) is 9.59 Å². The third-order valence-corrected chi connectivity index (χ3v) is 5.18. The lowest BCUT2D eigenvalue weighted by Gasteiger charge is -2.32. The second kappa shape index (κ2) is 9.59. The van der Waals surface area contributed by atoms with Crippen molar-refractivity contribution in [2.24, 2.45) is 0 Å².